The van der Waals surface area contributed by atoms with E-state index >= 15 is 0 Å². The summed E-state index contributed by atoms with van der Waals surface area (Å²) in [6.45, 7) is 11.5. The minimum absolute atomic E-state index is 0.0179. The number of hydrogen-bond donors (Lipinski definition) is 1. The van der Waals surface area contributed by atoms with Crippen LogP contribution in [0, 0.1) is 11.6 Å². The van der Waals surface area contributed by atoms with Crippen molar-refractivity contribution >= 4 is 47.1 Å². The van der Waals surface area contributed by atoms with Gasteiger partial charge in [-0.15, -0.1) is 0 Å². The second kappa shape index (κ2) is 8.59. The van der Waals surface area contributed by atoms with Gasteiger partial charge in [-0.25, -0.2) is 23.5 Å². The Kier molecular flexibility index (Phi) is 6.59. The third kappa shape index (κ3) is 4.68. The zero-order valence-electron chi connectivity index (χ0n) is 18.2. The van der Waals surface area contributed by atoms with Gasteiger partial charge in [-0.2, -0.15) is 0 Å². The molecule has 11 heteroatoms. The number of anilines is 1. The third-order valence-corrected chi connectivity index (χ3v) is 11.3. The van der Waals surface area contributed by atoms with Crippen molar-refractivity contribution in [2.24, 2.45) is 0 Å². The Morgan fingerprint density at radius 2 is 2.00 bits per heavy atom. The number of amides is 1. The Labute approximate surface area is 189 Å². The minimum Gasteiger partial charge on any atom is -0.465 e. The van der Waals surface area contributed by atoms with Crippen LogP contribution in [0.2, 0.25) is 18.1 Å². The van der Waals surface area contributed by atoms with E-state index in [-0.39, 0.29) is 52.5 Å². The van der Waals surface area contributed by atoms with E-state index in [1.54, 1.807) is 0 Å². The first-order valence-electron chi connectivity index (χ1n) is 10.00. The molecular weight excluding hydrogens is 490 g/mol. The summed E-state index contributed by atoms with van der Waals surface area (Å²) >= 11 is 3.01. The lowest BCUT2D eigenvalue weighted by Crippen LogP contribution is -2.58. The molecule has 1 saturated heterocycles. The summed E-state index contributed by atoms with van der Waals surface area (Å²) in [6.07, 6.45) is 0.174. The summed E-state index contributed by atoms with van der Waals surface area (Å²) < 4.78 is 35.8. The molecule has 1 aromatic carbocycles. The molecule has 1 aromatic heterocycles. The topological polar surface area (TPSA) is 78.8 Å². The zero-order chi connectivity index (χ0) is 23.1. The van der Waals surface area contributed by atoms with Crippen LogP contribution < -0.4 is 4.90 Å². The molecule has 1 atom stereocenters. The van der Waals surface area contributed by atoms with Gasteiger partial charge in [0, 0.05) is 19.6 Å². The van der Waals surface area contributed by atoms with E-state index in [2.05, 4.69) is 59.8 Å². The molecule has 2 heterocycles. The molecule has 1 fully saturated rings. The van der Waals surface area contributed by atoms with Gasteiger partial charge in [0.15, 0.2) is 14.1 Å². The molecule has 0 bridgehead atoms. The molecule has 0 saturated carbocycles. The van der Waals surface area contributed by atoms with E-state index in [0.29, 0.717) is 0 Å². The lowest BCUT2D eigenvalue weighted by Gasteiger charge is -2.44. The van der Waals surface area contributed by atoms with E-state index in [0.717, 1.165) is 6.07 Å². The number of carboxylic acid groups (broad SMARTS) is 1. The molecule has 1 amide bonds. The second-order valence-electron chi connectivity index (χ2n) is 9.22. The predicted octanol–water partition coefficient (Wildman–Crippen LogP) is 4.86. The number of piperazine rings is 1. The van der Waals surface area contributed by atoms with Crippen LogP contribution in [0.1, 0.15) is 20.8 Å². The Bertz CT molecular complexity index is 1000. The monoisotopic (exact) mass is 516 g/mol. The van der Waals surface area contributed by atoms with Crippen LogP contribution in [0.3, 0.4) is 0 Å². The van der Waals surface area contributed by atoms with Crippen LogP contribution in [0.25, 0.3) is 10.9 Å². The molecule has 3 rings (SSSR count). The first-order chi connectivity index (χ1) is 14.3. The van der Waals surface area contributed by atoms with E-state index in [1.165, 1.54) is 11.2 Å². The number of nitrogens with zero attached hydrogens (tertiary/aromatic N) is 4. The number of benzene rings is 1. The Balaban J connectivity index is 2.02. The lowest BCUT2D eigenvalue weighted by molar-refractivity contribution is 0.125. The predicted molar refractivity (Wildman–Crippen MR) is 121 cm³/mol. The van der Waals surface area contributed by atoms with Gasteiger partial charge >= 0.3 is 6.09 Å². The number of hydrogen-bond acceptors (Lipinski definition) is 5. The average molecular weight is 517 g/mol. The van der Waals surface area contributed by atoms with Crippen molar-refractivity contribution < 1.29 is 23.1 Å². The SMILES string of the molecule is CC(C)(C)[Si](C)(C)OC[C@@H]1CN(C(=O)O)CCN1c1ncnc2c(F)c(Br)cc(F)c12. The quantitative estimate of drug-likeness (QED) is 0.461. The summed E-state index contributed by atoms with van der Waals surface area (Å²) in [6, 6.07) is 0.655. The number of aromatic nitrogens is 2. The summed E-state index contributed by atoms with van der Waals surface area (Å²) in [4.78, 5) is 22.9. The van der Waals surface area contributed by atoms with Crippen molar-refractivity contribution in [3.05, 3.63) is 28.5 Å². The van der Waals surface area contributed by atoms with Gasteiger partial charge in [-0.05, 0) is 40.1 Å². The lowest BCUT2D eigenvalue weighted by atomic mass is 10.1. The van der Waals surface area contributed by atoms with Crippen LogP contribution in [0.5, 0.6) is 0 Å². The molecule has 0 unspecified atom stereocenters. The Morgan fingerprint density at radius 1 is 1.32 bits per heavy atom. The van der Waals surface area contributed by atoms with Gasteiger partial charge in [0.05, 0.1) is 22.5 Å². The van der Waals surface area contributed by atoms with E-state index < -0.39 is 32.1 Å². The Morgan fingerprint density at radius 3 is 2.61 bits per heavy atom. The summed E-state index contributed by atoms with van der Waals surface area (Å²) in [5.74, 6) is -1.08. The van der Waals surface area contributed by atoms with Gasteiger partial charge in [-0.1, -0.05) is 20.8 Å². The van der Waals surface area contributed by atoms with Gasteiger partial charge < -0.3 is 19.3 Å². The summed E-state index contributed by atoms with van der Waals surface area (Å²) in [7, 11) is -2.12. The van der Waals surface area contributed by atoms with Gasteiger partial charge in [0.2, 0.25) is 0 Å². The zero-order valence-corrected chi connectivity index (χ0v) is 20.8. The summed E-state index contributed by atoms with van der Waals surface area (Å²) in [5.41, 5.74) is -0.124. The van der Waals surface area contributed by atoms with Crippen LogP contribution in [-0.2, 0) is 4.43 Å². The standard InChI is InChI=1S/C20H27BrF2N4O3Si/c1-20(2,3)31(4,5)30-10-12-9-26(19(28)29)6-7-27(12)18-15-14(22)8-13(21)16(23)17(15)24-11-25-18/h8,11-12H,6-7,9-10H2,1-5H3,(H,28,29)/t12-/m0/s1. The van der Waals surface area contributed by atoms with E-state index in [9.17, 15) is 18.7 Å². The van der Waals surface area contributed by atoms with Gasteiger partial charge in [0.25, 0.3) is 0 Å². The second-order valence-corrected chi connectivity index (χ2v) is 14.9. The molecule has 0 spiro atoms. The number of fused-ring (bicyclic) bond motifs is 1. The molecule has 1 N–H and O–H groups in total. The highest BCUT2D eigenvalue weighted by molar-refractivity contribution is 9.10. The molecule has 7 nitrogen and oxygen atoms in total. The number of carbonyl (C=O) groups is 1. The molecule has 1 aliphatic rings. The highest BCUT2D eigenvalue weighted by atomic mass is 79.9. The molecule has 1 aliphatic heterocycles. The van der Waals surface area contributed by atoms with Crippen molar-refractivity contribution in [3.63, 3.8) is 0 Å². The first kappa shape index (κ1) is 23.8. The smallest absolute Gasteiger partial charge is 0.407 e. The molecular formula is C20H27BrF2N4O3Si. The van der Waals surface area contributed by atoms with Crippen LogP contribution in [0.15, 0.2) is 16.9 Å². The van der Waals surface area contributed by atoms with E-state index in [4.69, 9.17) is 4.43 Å². The largest absolute Gasteiger partial charge is 0.465 e. The van der Waals surface area contributed by atoms with Crippen LogP contribution in [-0.4, -0.2) is 66.7 Å². The van der Waals surface area contributed by atoms with Crippen molar-refractivity contribution in [1.82, 2.24) is 14.9 Å². The van der Waals surface area contributed by atoms with Crippen LogP contribution in [0.4, 0.5) is 19.4 Å². The van der Waals surface area contributed by atoms with Gasteiger partial charge in [0.1, 0.15) is 23.5 Å². The molecule has 31 heavy (non-hydrogen) atoms. The molecule has 170 valence electrons. The highest BCUT2D eigenvalue weighted by Crippen LogP contribution is 2.37. The minimum atomic E-state index is -2.12. The fourth-order valence-corrected chi connectivity index (χ4v) is 4.74. The molecule has 2 aromatic rings. The number of halogens is 3. The normalized spacial score (nSPS) is 18.0. The average Bonchev–Trinajstić information content (AvgIpc) is 2.69. The van der Waals surface area contributed by atoms with Crippen molar-refractivity contribution in [2.45, 2.75) is 44.9 Å². The number of rotatable bonds is 4. The van der Waals surface area contributed by atoms with Gasteiger partial charge in [-0.3, -0.25) is 0 Å². The maximum Gasteiger partial charge on any atom is 0.407 e. The summed E-state index contributed by atoms with van der Waals surface area (Å²) in [5, 5.41) is 9.44. The van der Waals surface area contributed by atoms with E-state index in [1.807, 2.05) is 4.90 Å². The fraction of sp³-hybridized carbons (Fsp3) is 0.550. The maximum absolute atomic E-state index is 14.9. The van der Waals surface area contributed by atoms with Crippen molar-refractivity contribution in [2.75, 3.05) is 31.1 Å². The maximum atomic E-state index is 14.9. The first-order valence-corrected chi connectivity index (χ1v) is 13.7. The fourth-order valence-electron chi connectivity index (χ4n) is 3.31. The van der Waals surface area contributed by atoms with Crippen molar-refractivity contribution in [3.8, 4) is 0 Å². The van der Waals surface area contributed by atoms with Crippen molar-refractivity contribution in [1.29, 1.82) is 0 Å². The molecule has 0 radical (unpaired) electrons. The molecule has 0 aliphatic carbocycles. The highest BCUT2D eigenvalue weighted by Gasteiger charge is 2.40. The third-order valence-electron chi connectivity index (χ3n) is 6.21. The van der Waals surface area contributed by atoms with Crippen LogP contribution >= 0.6 is 15.9 Å². The Hall–Kier alpha value is -1.85.